The van der Waals surface area contributed by atoms with Gasteiger partial charge in [-0.05, 0) is 45.2 Å². The molecule has 0 amide bonds. The van der Waals surface area contributed by atoms with E-state index in [4.69, 9.17) is 0 Å². The molecule has 2 nitrogen and oxygen atoms in total. The van der Waals surface area contributed by atoms with E-state index >= 15 is 0 Å². The Morgan fingerprint density at radius 2 is 0.674 bits per heavy atom. The van der Waals surface area contributed by atoms with E-state index in [-0.39, 0.29) is 0 Å². The first kappa shape index (κ1) is 27.7. The van der Waals surface area contributed by atoms with Crippen molar-refractivity contribution in [1.82, 2.24) is 0 Å². The number of hydrogen-bond acceptors (Lipinski definition) is 2. The van der Waals surface area contributed by atoms with Crippen LogP contribution in [0.4, 0.5) is 11.4 Å². The second-order valence-corrected chi connectivity index (χ2v) is 12.0. The van der Waals surface area contributed by atoms with Crippen molar-refractivity contribution in [2.75, 3.05) is 10.6 Å². The number of benzene rings is 6. The summed E-state index contributed by atoms with van der Waals surface area (Å²) in [5, 5.41) is 12.7. The van der Waals surface area contributed by atoms with Gasteiger partial charge in [0, 0.05) is 22.1 Å². The molecule has 0 unspecified atom stereocenters. The fourth-order valence-electron chi connectivity index (χ4n) is 6.73. The number of hydrogen-bond donors (Lipinski definition) is 2. The highest BCUT2D eigenvalue weighted by atomic mass is 15.0. The Balaban J connectivity index is 1.16. The van der Waals surface area contributed by atoms with Crippen LogP contribution in [0, 0.1) is 0 Å². The molecule has 2 N–H and O–H groups in total. The highest BCUT2D eigenvalue weighted by Crippen LogP contribution is 2.39. The van der Waals surface area contributed by atoms with Gasteiger partial charge in [0.25, 0.3) is 0 Å². The highest BCUT2D eigenvalue weighted by Gasteiger charge is 2.31. The summed E-state index contributed by atoms with van der Waals surface area (Å²) in [6, 6.07) is 51.3. The third-order valence-corrected chi connectivity index (χ3v) is 9.20. The molecule has 0 saturated carbocycles. The van der Waals surface area contributed by atoms with Crippen LogP contribution in [0.15, 0.2) is 205 Å². The third kappa shape index (κ3) is 5.04. The van der Waals surface area contributed by atoms with Crippen LogP contribution >= 0.6 is 0 Å². The van der Waals surface area contributed by atoms with Crippen molar-refractivity contribution in [3.63, 3.8) is 0 Å². The molecule has 0 heterocycles. The lowest BCUT2D eigenvalue weighted by Crippen LogP contribution is -2.33. The van der Waals surface area contributed by atoms with Gasteiger partial charge in [-0.1, -0.05) is 182 Å². The number of nitrogens with one attached hydrogen (secondary N) is 2. The molecule has 2 aliphatic carbocycles. The van der Waals surface area contributed by atoms with Crippen molar-refractivity contribution < 1.29 is 0 Å². The molecule has 0 aliphatic heterocycles. The lowest BCUT2D eigenvalue weighted by molar-refractivity contribution is 0.768. The fourth-order valence-corrected chi connectivity index (χ4v) is 6.73. The lowest BCUT2D eigenvalue weighted by atomic mass is 9.81. The Labute approximate surface area is 270 Å². The average Bonchev–Trinajstić information content (AvgIpc) is 3.13. The topological polar surface area (TPSA) is 24.1 Å². The number of allylic oxidation sites excluding steroid dienone is 6. The smallest absolute Gasteiger partial charge is 0.100 e. The summed E-state index contributed by atoms with van der Waals surface area (Å²) in [6.07, 6.45) is 18.2. The zero-order valence-electron chi connectivity index (χ0n) is 25.5. The molecule has 0 radical (unpaired) electrons. The lowest BCUT2D eigenvalue weighted by Gasteiger charge is -2.35. The number of anilines is 2. The maximum Gasteiger partial charge on any atom is 0.100 e. The van der Waals surface area contributed by atoms with Crippen LogP contribution in [-0.4, -0.2) is 0 Å². The Kier molecular flexibility index (Phi) is 6.96. The SMILES string of the molecule is C1=CC(Nc2cccc3ccccc23)(c2ccccc2)C=CC1=C1C=CC(Nc2cccc3ccccc23)(c2ccccc2)C=C1. The van der Waals surface area contributed by atoms with Crippen LogP contribution in [0.25, 0.3) is 21.5 Å². The van der Waals surface area contributed by atoms with Gasteiger partial charge in [-0.15, -0.1) is 0 Å². The van der Waals surface area contributed by atoms with Crippen LogP contribution in [0.2, 0.25) is 0 Å². The Morgan fingerprint density at radius 3 is 1.09 bits per heavy atom. The van der Waals surface area contributed by atoms with E-state index < -0.39 is 11.1 Å². The molecule has 2 aliphatic rings. The Hall–Kier alpha value is -5.86. The summed E-state index contributed by atoms with van der Waals surface area (Å²) >= 11 is 0. The van der Waals surface area contributed by atoms with Crippen LogP contribution in [0.3, 0.4) is 0 Å². The Morgan fingerprint density at radius 1 is 0.326 bits per heavy atom. The van der Waals surface area contributed by atoms with E-state index in [9.17, 15) is 0 Å². The molecule has 6 aromatic carbocycles. The summed E-state index contributed by atoms with van der Waals surface area (Å²) in [6.45, 7) is 0. The van der Waals surface area contributed by atoms with Crippen molar-refractivity contribution in [1.29, 1.82) is 0 Å². The monoisotopic (exact) mass is 590 g/mol. The van der Waals surface area contributed by atoms with Gasteiger partial charge >= 0.3 is 0 Å². The molecule has 2 heteroatoms. The molecule has 6 aromatic rings. The van der Waals surface area contributed by atoms with Crippen molar-refractivity contribution in [2.45, 2.75) is 11.1 Å². The van der Waals surface area contributed by atoms with Crippen LogP contribution < -0.4 is 10.6 Å². The first-order valence-corrected chi connectivity index (χ1v) is 15.9. The average molecular weight is 591 g/mol. The minimum Gasteiger partial charge on any atom is -0.368 e. The molecule has 0 bridgehead atoms. The zero-order chi connectivity index (χ0) is 30.8. The largest absolute Gasteiger partial charge is 0.368 e. The van der Waals surface area contributed by atoms with E-state index in [1.807, 2.05) is 0 Å². The van der Waals surface area contributed by atoms with E-state index in [1.165, 1.54) is 43.8 Å². The van der Waals surface area contributed by atoms with E-state index in [0.29, 0.717) is 0 Å². The van der Waals surface area contributed by atoms with Gasteiger partial charge in [-0.25, -0.2) is 0 Å². The molecule has 0 aromatic heterocycles. The van der Waals surface area contributed by atoms with Gasteiger partial charge < -0.3 is 10.6 Å². The summed E-state index contributed by atoms with van der Waals surface area (Å²) in [4.78, 5) is 0. The van der Waals surface area contributed by atoms with Gasteiger partial charge in [0.2, 0.25) is 0 Å². The van der Waals surface area contributed by atoms with Crippen molar-refractivity contribution >= 4 is 32.9 Å². The maximum atomic E-state index is 3.91. The molecule has 8 rings (SSSR count). The van der Waals surface area contributed by atoms with Gasteiger partial charge in [0.1, 0.15) is 11.1 Å². The molecule has 0 spiro atoms. The summed E-state index contributed by atoms with van der Waals surface area (Å²) in [5.41, 5.74) is 5.97. The molecule has 0 atom stereocenters. The molecule has 0 fully saturated rings. The van der Waals surface area contributed by atoms with Gasteiger partial charge in [-0.3, -0.25) is 0 Å². The second kappa shape index (κ2) is 11.6. The second-order valence-electron chi connectivity index (χ2n) is 12.0. The normalized spacial score (nSPS) is 20.3. The molecule has 46 heavy (non-hydrogen) atoms. The van der Waals surface area contributed by atoms with Gasteiger partial charge in [-0.2, -0.15) is 0 Å². The van der Waals surface area contributed by atoms with E-state index in [0.717, 1.165) is 11.4 Å². The summed E-state index contributed by atoms with van der Waals surface area (Å²) in [5.74, 6) is 0. The first-order chi connectivity index (χ1) is 22.7. The summed E-state index contributed by atoms with van der Waals surface area (Å²) in [7, 11) is 0. The van der Waals surface area contributed by atoms with Crippen LogP contribution in [0.5, 0.6) is 0 Å². The predicted octanol–water partition coefficient (Wildman–Crippen LogP) is 10.9. The highest BCUT2D eigenvalue weighted by molar-refractivity contribution is 5.95. The minimum atomic E-state index is -0.485. The van der Waals surface area contributed by atoms with Crippen LogP contribution in [-0.2, 0) is 11.1 Å². The summed E-state index contributed by atoms with van der Waals surface area (Å²) < 4.78 is 0. The number of fused-ring (bicyclic) bond motifs is 2. The van der Waals surface area contributed by atoms with Crippen molar-refractivity contribution in [3.8, 4) is 0 Å². The molecule has 0 saturated heterocycles. The Bertz CT molecular complexity index is 2000. The minimum absolute atomic E-state index is 0.485. The standard InChI is InChI=1S/C44H34N2/c1-3-17-37(18-4-1)43(45-41-23-11-15-35-13-7-9-21-39(35)41)29-25-33(26-30-43)34-27-31-44(32-28-34,38-19-5-2-6-20-38)46-42-24-12-16-36-14-8-10-22-40(36)42/h1-32,45-46H. The van der Waals surface area contributed by atoms with Crippen LogP contribution in [0.1, 0.15) is 11.1 Å². The zero-order valence-corrected chi connectivity index (χ0v) is 25.5. The van der Waals surface area contributed by atoms with Gasteiger partial charge in [0.05, 0.1) is 0 Å². The van der Waals surface area contributed by atoms with E-state index in [2.05, 4.69) is 205 Å². The molecular weight excluding hydrogens is 556 g/mol. The fraction of sp³-hybridized carbons (Fsp3) is 0.0455. The quantitative estimate of drug-likeness (QED) is 0.202. The first-order valence-electron chi connectivity index (χ1n) is 15.9. The predicted molar refractivity (Wildman–Crippen MR) is 195 cm³/mol. The van der Waals surface area contributed by atoms with Gasteiger partial charge in [0.15, 0.2) is 0 Å². The van der Waals surface area contributed by atoms with Crippen molar-refractivity contribution in [3.05, 3.63) is 216 Å². The van der Waals surface area contributed by atoms with Crippen molar-refractivity contribution in [2.24, 2.45) is 0 Å². The maximum absolute atomic E-state index is 3.91. The third-order valence-electron chi connectivity index (χ3n) is 9.20. The number of rotatable bonds is 6. The molecule has 220 valence electrons. The van der Waals surface area contributed by atoms with E-state index in [1.54, 1.807) is 0 Å². The molecular formula is C44H34N2.